The maximum atomic E-state index is 12.4. The zero-order valence-electron chi connectivity index (χ0n) is 13.1. The van der Waals surface area contributed by atoms with E-state index in [1.54, 1.807) is 29.2 Å². The topological polar surface area (TPSA) is 84.4 Å². The second kappa shape index (κ2) is 6.00. The second-order valence-electron chi connectivity index (χ2n) is 5.93. The Balaban J connectivity index is 1.90. The molecule has 0 spiro atoms. The van der Waals surface area contributed by atoms with Gasteiger partial charge in [-0.05, 0) is 26.0 Å². The monoisotopic (exact) mass is 317 g/mol. The van der Waals surface area contributed by atoms with Crippen molar-refractivity contribution in [3.8, 4) is 0 Å². The van der Waals surface area contributed by atoms with Crippen LogP contribution >= 0.6 is 0 Å². The molecule has 0 saturated carbocycles. The minimum atomic E-state index is -0.378. The van der Waals surface area contributed by atoms with Crippen molar-refractivity contribution in [1.29, 1.82) is 0 Å². The Labute approximate surface area is 132 Å². The molecule has 1 fully saturated rings. The summed E-state index contributed by atoms with van der Waals surface area (Å²) in [5.74, 6) is -0.208. The number of morpholine rings is 1. The minimum absolute atomic E-state index is 0.0462. The standard InChI is InChI=1S/C16H19N3O4/c1-10-7-18(8-11(2)23-10)14(20)9-19-16(22)13-6-4-3-5-12(13)15(21)17-19/h3-6,10-11H,7-9H2,1-2H3,(H,17,21). The fourth-order valence-electron chi connectivity index (χ4n) is 2.97. The van der Waals surface area contributed by atoms with Crippen LogP contribution in [0.4, 0.5) is 0 Å². The summed E-state index contributed by atoms with van der Waals surface area (Å²) in [7, 11) is 0. The lowest BCUT2D eigenvalue weighted by Crippen LogP contribution is -2.50. The van der Waals surface area contributed by atoms with Gasteiger partial charge in [-0.25, -0.2) is 4.68 Å². The quantitative estimate of drug-likeness (QED) is 0.865. The molecule has 2 atom stereocenters. The summed E-state index contributed by atoms with van der Waals surface area (Å²) in [5, 5.41) is 3.12. The summed E-state index contributed by atoms with van der Waals surface area (Å²) < 4.78 is 6.68. The van der Waals surface area contributed by atoms with Gasteiger partial charge >= 0.3 is 0 Å². The van der Waals surface area contributed by atoms with E-state index in [9.17, 15) is 14.4 Å². The lowest BCUT2D eigenvalue weighted by Gasteiger charge is -2.35. The van der Waals surface area contributed by atoms with Gasteiger partial charge in [0.1, 0.15) is 6.54 Å². The van der Waals surface area contributed by atoms with E-state index in [0.29, 0.717) is 23.9 Å². The zero-order chi connectivity index (χ0) is 16.6. The smallest absolute Gasteiger partial charge is 0.273 e. The molecule has 2 unspecified atom stereocenters. The number of rotatable bonds is 2. The van der Waals surface area contributed by atoms with E-state index in [4.69, 9.17) is 4.74 Å². The van der Waals surface area contributed by atoms with E-state index in [-0.39, 0.29) is 35.8 Å². The van der Waals surface area contributed by atoms with Gasteiger partial charge in [-0.2, -0.15) is 0 Å². The predicted molar refractivity (Wildman–Crippen MR) is 85.4 cm³/mol. The molecule has 1 aliphatic rings. The average molecular weight is 317 g/mol. The molecular formula is C16H19N3O4. The van der Waals surface area contributed by atoms with Crippen LogP contribution in [-0.2, 0) is 16.1 Å². The molecule has 1 aliphatic heterocycles. The highest BCUT2D eigenvalue weighted by Gasteiger charge is 2.26. The Morgan fingerprint density at radius 3 is 2.43 bits per heavy atom. The number of hydrogen-bond donors (Lipinski definition) is 1. The Bertz CT molecular complexity index is 844. The van der Waals surface area contributed by atoms with Gasteiger partial charge in [0.05, 0.1) is 23.0 Å². The second-order valence-corrected chi connectivity index (χ2v) is 5.93. The van der Waals surface area contributed by atoms with E-state index in [2.05, 4.69) is 5.10 Å². The number of amides is 1. The first kappa shape index (κ1) is 15.5. The number of H-pyrrole nitrogens is 1. The molecule has 1 N–H and O–H groups in total. The highest BCUT2D eigenvalue weighted by molar-refractivity contribution is 5.81. The van der Waals surface area contributed by atoms with Crippen molar-refractivity contribution in [2.75, 3.05) is 13.1 Å². The maximum Gasteiger partial charge on any atom is 0.273 e. The molecule has 7 nitrogen and oxygen atoms in total. The number of hydrogen-bond acceptors (Lipinski definition) is 4. The number of nitrogens with one attached hydrogen (secondary N) is 1. The zero-order valence-corrected chi connectivity index (χ0v) is 13.1. The lowest BCUT2D eigenvalue weighted by atomic mass is 10.2. The fourth-order valence-corrected chi connectivity index (χ4v) is 2.97. The van der Waals surface area contributed by atoms with Crippen LogP contribution in [0, 0.1) is 0 Å². The van der Waals surface area contributed by atoms with Crippen LogP contribution in [0.15, 0.2) is 33.9 Å². The van der Waals surface area contributed by atoms with Gasteiger partial charge in [0.15, 0.2) is 0 Å². The van der Waals surface area contributed by atoms with Gasteiger partial charge in [-0.3, -0.25) is 19.5 Å². The number of benzene rings is 1. The van der Waals surface area contributed by atoms with Gasteiger partial charge in [0.25, 0.3) is 11.1 Å². The Morgan fingerprint density at radius 1 is 1.17 bits per heavy atom. The molecule has 2 aromatic rings. The maximum absolute atomic E-state index is 12.4. The van der Waals surface area contributed by atoms with Crippen molar-refractivity contribution >= 4 is 16.7 Å². The first-order chi connectivity index (χ1) is 11.0. The van der Waals surface area contributed by atoms with E-state index in [0.717, 1.165) is 4.68 Å². The molecule has 1 amide bonds. The van der Waals surface area contributed by atoms with E-state index < -0.39 is 0 Å². The van der Waals surface area contributed by atoms with Crippen LogP contribution in [0.5, 0.6) is 0 Å². The predicted octanol–water partition coefficient (Wildman–Crippen LogP) is 0.326. The molecule has 1 aromatic heterocycles. The minimum Gasteiger partial charge on any atom is -0.372 e. The molecular weight excluding hydrogens is 298 g/mol. The highest BCUT2D eigenvalue weighted by Crippen LogP contribution is 2.11. The summed E-state index contributed by atoms with van der Waals surface area (Å²) in [4.78, 5) is 38.6. The largest absolute Gasteiger partial charge is 0.372 e. The molecule has 1 saturated heterocycles. The van der Waals surface area contributed by atoms with Gasteiger partial charge in [-0.15, -0.1) is 0 Å². The fraction of sp³-hybridized carbons (Fsp3) is 0.438. The van der Waals surface area contributed by atoms with Gasteiger partial charge in [-0.1, -0.05) is 12.1 Å². The van der Waals surface area contributed by atoms with E-state index in [1.165, 1.54) is 0 Å². The molecule has 23 heavy (non-hydrogen) atoms. The summed E-state index contributed by atoms with van der Waals surface area (Å²) in [6.45, 7) is 4.59. The number of carbonyl (C=O) groups excluding carboxylic acids is 1. The Hall–Kier alpha value is -2.41. The lowest BCUT2D eigenvalue weighted by molar-refractivity contribution is -0.144. The average Bonchev–Trinajstić information content (AvgIpc) is 2.51. The summed E-state index contributed by atoms with van der Waals surface area (Å²) >= 11 is 0. The van der Waals surface area contributed by atoms with Gasteiger partial charge in [0.2, 0.25) is 5.91 Å². The van der Waals surface area contributed by atoms with E-state index in [1.807, 2.05) is 13.8 Å². The molecule has 3 rings (SSSR count). The third-order valence-electron chi connectivity index (χ3n) is 3.95. The van der Waals surface area contributed by atoms with Crippen LogP contribution in [-0.4, -0.2) is 45.9 Å². The van der Waals surface area contributed by atoms with Crippen molar-refractivity contribution in [3.63, 3.8) is 0 Å². The first-order valence-electron chi connectivity index (χ1n) is 7.61. The number of nitrogens with zero attached hydrogens (tertiary/aromatic N) is 2. The van der Waals surface area contributed by atoms with E-state index >= 15 is 0 Å². The molecule has 1 aromatic carbocycles. The van der Waals surface area contributed by atoms with Gasteiger partial charge < -0.3 is 9.64 Å². The number of ether oxygens (including phenoxy) is 1. The van der Waals surface area contributed by atoms with Crippen molar-refractivity contribution in [2.45, 2.75) is 32.6 Å². The summed E-state index contributed by atoms with van der Waals surface area (Å²) in [6.07, 6.45) is -0.0925. The number of fused-ring (bicyclic) bond motifs is 1. The number of aromatic amines is 1. The van der Waals surface area contributed by atoms with Crippen molar-refractivity contribution in [3.05, 3.63) is 45.0 Å². The highest BCUT2D eigenvalue weighted by atomic mass is 16.5. The summed E-state index contributed by atoms with van der Waals surface area (Å²) in [5.41, 5.74) is -0.750. The normalized spacial score (nSPS) is 21.6. The molecule has 0 bridgehead atoms. The van der Waals surface area contributed by atoms with Crippen molar-refractivity contribution < 1.29 is 9.53 Å². The number of aromatic nitrogens is 2. The van der Waals surface area contributed by atoms with Crippen LogP contribution in [0.2, 0.25) is 0 Å². The molecule has 2 heterocycles. The molecule has 0 aliphatic carbocycles. The number of carbonyl (C=O) groups is 1. The van der Waals surface area contributed by atoms with Crippen molar-refractivity contribution in [2.24, 2.45) is 0 Å². The third-order valence-corrected chi connectivity index (χ3v) is 3.95. The first-order valence-corrected chi connectivity index (χ1v) is 7.61. The third kappa shape index (κ3) is 3.05. The SMILES string of the molecule is CC1CN(C(=O)Cn2[nH]c(=O)c3ccccc3c2=O)CC(C)O1. The molecule has 122 valence electrons. The molecule has 7 heteroatoms. The Morgan fingerprint density at radius 2 is 1.78 bits per heavy atom. The summed E-state index contributed by atoms with van der Waals surface area (Å²) in [6, 6.07) is 6.57. The van der Waals surface area contributed by atoms with Crippen LogP contribution in [0.25, 0.3) is 10.8 Å². The van der Waals surface area contributed by atoms with Gasteiger partial charge in [0, 0.05) is 13.1 Å². The van der Waals surface area contributed by atoms with Crippen LogP contribution < -0.4 is 11.1 Å². The van der Waals surface area contributed by atoms with Crippen molar-refractivity contribution in [1.82, 2.24) is 14.7 Å². The van der Waals surface area contributed by atoms with Crippen LogP contribution in [0.3, 0.4) is 0 Å². The molecule has 0 radical (unpaired) electrons. The Kier molecular flexibility index (Phi) is 4.04. The van der Waals surface area contributed by atoms with Crippen LogP contribution in [0.1, 0.15) is 13.8 Å².